The van der Waals surface area contributed by atoms with Gasteiger partial charge < -0.3 is 9.30 Å². The lowest BCUT2D eigenvalue weighted by atomic mass is 10.0. The molecule has 33 heavy (non-hydrogen) atoms. The van der Waals surface area contributed by atoms with Crippen molar-refractivity contribution in [2.24, 2.45) is 0 Å². The van der Waals surface area contributed by atoms with E-state index in [1.165, 1.54) is 19.2 Å². The third kappa shape index (κ3) is 5.09. The number of hydrogen-bond donors (Lipinski definition) is 1. The highest BCUT2D eigenvalue weighted by Crippen LogP contribution is 2.31. The zero-order chi connectivity index (χ0) is 23.4. The van der Waals surface area contributed by atoms with Gasteiger partial charge in [-0.2, -0.15) is 13.2 Å². The summed E-state index contributed by atoms with van der Waals surface area (Å²) in [5.74, 6) is -0.651. The molecule has 0 aliphatic heterocycles. The number of esters is 1. The van der Waals surface area contributed by atoms with Gasteiger partial charge in [0.15, 0.2) is 0 Å². The minimum Gasteiger partial charge on any atom is -0.468 e. The fourth-order valence-electron chi connectivity index (χ4n) is 3.94. The predicted molar refractivity (Wildman–Crippen MR) is 121 cm³/mol. The molecule has 7 heteroatoms. The van der Waals surface area contributed by atoms with Crippen molar-refractivity contribution in [2.45, 2.75) is 25.3 Å². The fourth-order valence-corrected chi connectivity index (χ4v) is 3.94. The molecule has 0 amide bonds. The number of hydrogen-bond acceptors (Lipinski definition) is 3. The van der Waals surface area contributed by atoms with Crippen molar-refractivity contribution in [2.75, 3.05) is 7.11 Å². The molecule has 4 aromatic rings. The Kier molecular flexibility index (Phi) is 6.51. The predicted octanol–water partition coefficient (Wildman–Crippen LogP) is 5.71. The van der Waals surface area contributed by atoms with Crippen molar-refractivity contribution in [3.05, 3.63) is 107 Å². The average molecular weight is 452 g/mol. The van der Waals surface area contributed by atoms with Crippen LogP contribution in [0.1, 0.15) is 28.3 Å². The van der Waals surface area contributed by atoms with Gasteiger partial charge in [0.1, 0.15) is 6.04 Å². The first-order chi connectivity index (χ1) is 15.9. The van der Waals surface area contributed by atoms with Gasteiger partial charge in [-0.1, -0.05) is 60.7 Å². The van der Waals surface area contributed by atoms with Crippen molar-refractivity contribution in [3.8, 4) is 0 Å². The summed E-state index contributed by atoms with van der Waals surface area (Å²) in [6.07, 6.45) is -2.49. The highest BCUT2D eigenvalue weighted by Gasteiger charge is 2.32. The Labute approximate surface area is 189 Å². The van der Waals surface area contributed by atoms with Crippen LogP contribution in [0.25, 0.3) is 10.9 Å². The maximum Gasteiger partial charge on any atom is 0.416 e. The minimum atomic E-state index is -4.50. The summed E-state index contributed by atoms with van der Waals surface area (Å²) in [5.41, 5.74) is 2.50. The number of nitrogens with zero attached hydrogens (tertiary/aromatic N) is 1. The van der Waals surface area contributed by atoms with E-state index in [1.54, 1.807) is 0 Å². The molecule has 0 aliphatic rings. The van der Waals surface area contributed by atoms with Crippen LogP contribution in [0.2, 0.25) is 0 Å². The summed E-state index contributed by atoms with van der Waals surface area (Å²) >= 11 is 0. The van der Waals surface area contributed by atoms with E-state index in [4.69, 9.17) is 4.74 Å². The summed E-state index contributed by atoms with van der Waals surface area (Å²) in [5, 5.41) is 4.10. The lowest BCUT2D eigenvalue weighted by molar-refractivity contribution is -0.144. The van der Waals surface area contributed by atoms with Gasteiger partial charge in [0, 0.05) is 30.2 Å². The van der Waals surface area contributed by atoms with E-state index >= 15 is 0 Å². The number of aromatic nitrogens is 1. The zero-order valence-corrected chi connectivity index (χ0v) is 18.0. The average Bonchev–Trinajstić information content (AvgIpc) is 3.17. The van der Waals surface area contributed by atoms with Gasteiger partial charge in [0.25, 0.3) is 0 Å². The van der Waals surface area contributed by atoms with Crippen molar-refractivity contribution >= 4 is 16.9 Å². The van der Waals surface area contributed by atoms with Gasteiger partial charge in [-0.3, -0.25) is 5.32 Å². The monoisotopic (exact) mass is 452 g/mol. The maximum absolute atomic E-state index is 13.2. The third-order valence-corrected chi connectivity index (χ3v) is 5.55. The quantitative estimate of drug-likeness (QED) is 0.365. The SMILES string of the molecule is COC(=O)C(NCc1cn(Cc2ccccc2)c2ccccc12)c1cccc(C(F)(F)F)c1. The number of benzene rings is 3. The molecule has 170 valence electrons. The van der Waals surface area contributed by atoms with Crippen LogP contribution in [0.5, 0.6) is 0 Å². The summed E-state index contributed by atoms with van der Waals surface area (Å²) in [4.78, 5) is 12.4. The van der Waals surface area contributed by atoms with E-state index in [1.807, 2.05) is 60.8 Å². The second-order valence-electron chi connectivity index (χ2n) is 7.75. The Morgan fingerprint density at radius 3 is 2.45 bits per heavy atom. The highest BCUT2D eigenvalue weighted by atomic mass is 19.4. The van der Waals surface area contributed by atoms with E-state index in [0.29, 0.717) is 6.54 Å². The first-order valence-electron chi connectivity index (χ1n) is 10.5. The molecule has 0 radical (unpaired) electrons. The number of alkyl halides is 3. The summed E-state index contributed by atoms with van der Waals surface area (Å²) in [6, 6.07) is 21.6. The number of fused-ring (bicyclic) bond motifs is 1. The van der Waals surface area contributed by atoms with Gasteiger partial charge in [0.05, 0.1) is 12.7 Å². The van der Waals surface area contributed by atoms with Crippen LogP contribution in [0, 0.1) is 0 Å². The number of nitrogens with one attached hydrogen (secondary N) is 1. The van der Waals surface area contributed by atoms with E-state index in [9.17, 15) is 18.0 Å². The molecular formula is C26H23F3N2O2. The Morgan fingerprint density at radius 1 is 1.00 bits per heavy atom. The van der Waals surface area contributed by atoms with Crippen LogP contribution in [-0.2, 0) is 28.8 Å². The molecule has 1 N–H and O–H groups in total. The summed E-state index contributed by atoms with van der Waals surface area (Å²) < 4.78 is 46.5. The molecule has 1 aromatic heterocycles. The van der Waals surface area contributed by atoms with Crippen molar-refractivity contribution in [3.63, 3.8) is 0 Å². The molecule has 0 bridgehead atoms. The highest BCUT2D eigenvalue weighted by molar-refractivity contribution is 5.84. The van der Waals surface area contributed by atoms with E-state index < -0.39 is 23.8 Å². The molecular weight excluding hydrogens is 429 g/mol. The van der Waals surface area contributed by atoms with Crippen molar-refractivity contribution < 1.29 is 22.7 Å². The van der Waals surface area contributed by atoms with Gasteiger partial charge in [0.2, 0.25) is 0 Å². The second-order valence-corrected chi connectivity index (χ2v) is 7.75. The third-order valence-electron chi connectivity index (χ3n) is 5.55. The Morgan fingerprint density at radius 2 is 1.73 bits per heavy atom. The largest absolute Gasteiger partial charge is 0.468 e. The molecule has 1 atom stereocenters. The number of carbonyl (C=O) groups is 1. The van der Waals surface area contributed by atoms with Crippen LogP contribution in [0.4, 0.5) is 13.2 Å². The number of halogens is 3. The number of para-hydroxylation sites is 1. The molecule has 0 saturated carbocycles. The van der Waals surface area contributed by atoms with Crippen LogP contribution in [0.15, 0.2) is 85.1 Å². The first-order valence-corrected chi connectivity index (χ1v) is 10.5. The first kappa shape index (κ1) is 22.6. The fraction of sp³-hybridized carbons (Fsp3) is 0.192. The normalized spacial score (nSPS) is 12.6. The molecule has 0 spiro atoms. The smallest absolute Gasteiger partial charge is 0.416 e. The molecule has 4 rings (SSSR count). The van der Waals surface area contributed by atoms with E-state index in [-0.39, 0.29) is 12.1 Å². The van der Waals surface area contributed by atoms with Gasteiger partial charge >= 0.3 is 12.1 Å². The number of methoxy groups -OCH3 is 1. The van der Waals surface area contributed by atoms with Crippen LogP contribution < -0.4 is 5.32 Å². The molecule has 0 aliphatic carbocycles. The zero-order valence-electron chi connectivity index (χ0n) is 18.0. The molecule has 3 aromatic carbocycles. The molecule has 4 nitrogen and oxygen atoms in total. The topological polar surface area (TPSA) is 43.3 Å². The molecule has 0 fully saturated rings. The van der Waals surface area contributed by atoms with Gasteiger partial charge in [-0.05, 0) is 34.9 Å². The van der Waals surface area contributed by atoms with Crippen molar-refractivity contribution in [1.29, 1.82) is 0 Å². The molecule has 1 unspecified atom stereocenters. The van der Waals surface area contributed by atoms with E-state index in [2.05, 4.69) is 9.88 Å². The standard InChI is InChI=1S/C26H23F3N2O2/c1-33-25(32)24(19-10-7-11-21(14-19)26(27,28)29)30-15-20-17-31(16-18-8-3-2-4-9-18)23-13-6-5-12-22(20)23/h2-14,17,24,30H,15-16H2,1H3. The van der Waals surface area contributed by atoms with Crippen LogP contribution in [0.3, 0.4) is 0 Å². The number of carbonyl (C=O) groups excluding carboxylic acids is 1. The Hall–Kier alpha value is -3.58. The lowest BCUT2D eigenvalue weighted by Gasteiger charge is -2.18. The Bertz CT molecular complexity index is 1250. The summed E-state index contributed by atoms with van der Waals surface area (Å²) in [6.45, 7) is 0.952. The van der Waals surface area contributed by atoms with E-state index in [0.717, 1.165) is 34.2 Å². The summed E-state index contributed by atoms with van der Waals surface area (Å²) in [7, 11) is 1.22. The van der Waals surface area contributed by atoms with Crippen LogP contribution in [-0.4, -0.2) is 17.6 Å². The van der Waals surface area contributed by atoms with Crippen LogP contribution >= 0.6 is 0 Å². The lowest BCUT2D eigenvalue weighted by Crippen LogP contribution is -2.29. The van der Waals surface area contributed by atoms with Crippen molar-refractivity contribution in [1.82, 2.24) is 9.88 Å². The number of ether oxygens (including phenoxy) is 1. The molecule has 0 saturated heterocycles. The molecule has 1 heterocycles. The minimum absolute atomic E-state index is 0.199. The Balaban J connectivity index is 1.62. The van der Waals surface area contributed by atoms with Gasteiger partial charge in [-0.15, -0.1) is 0 Å². The maximum atomic E-state index is 13.2. The number of rotatable bonds is 7. The van der Waals surface area contributed by atoms with Gasteiger partial charge in [-0.25, -0.2) is 4.79 Å². The second kappa shape index (κ2) is 9.50.